The zero-order chi connectivity index (χ0) is 14.7. The molecule has 0 aliphatic rings. The first-order valence-corrected chi connectivity index (χ1v) is 7.24. The third kappa shape index (κ3) is 3.11. The lowest BCUT2D eigenvalue weighted by Crippen LogP contribution is -2.01. The number of hydrogen-bond donors (Lipinski definition) is 0. The summed E-state index contributed by atoms with van der Waals surface area (Å²) in [5, 5.41) is 0.533. The van der Waals surface area contributed by atoms with Crippen molar-refractivity contribution in [2.24, 2.45) is 0 Å². The van der Waals surface area contributed by atoms with E-state index in [4.69, 9.17) is 11.6 Å². The van der Waals surface area contributed by atoms with E-state index in [2.05, 4.69) is 22.1 Å². The molecule has 0 fully saturated rings. The Morgan fingerprint density at radius 2 is 1.48 bits per heavy atom. The van der Waals surface area contributed by atoms with Gasteiger partial charge in [0.25, 0.3) is 0 Å². The van der Waals surface area contributed by atoms with Crippen molar-refractivity contribution in [3.8, 4) is 11.4 Å². The Labute approximate surface area is 129 Å². The second-order valence-electron chi connectivity index (χ2n) is 4.93. The van der Waals surface area contributed by atoms with Gasteiger partial charge in [-0.15, -0.1) is 0 Å². The Hall–Kier alpha value is -2.19. The van der Waals surface area contributed by atoms with Gasteiger partial charge in [-0.2, -0.15) is 0 Å². The van der Waals surface area contributed by atoms with Gasteiger partial charge in [-0.25, -0.2) is 9.97 Å². The molecule has 2 aromatic carbocycles. The predicted octanol–water partition coefficient (Wildman–Crippen LogP) is 4.70. The van der Waals surface area contributed by atoms with E-state index >= 15 is 0 Å². The average molecular weight is 295 g/mol. The van der Waals surface area contributed by atoms with Crippen LogP contribution in [0.4, 0.5) is 0 Å². The monoisotopic (exact) mass is 294 g/mol. The van der Waals surface area contributed by atoms with E-state index in [0.717, 1.165) is 23.2 Å². The number of nitrogens with zero attached hydrogens (tertiary/aromatic N) is 2. The van der Waals surface area contributed by atoms with Crippen LogP contribution in [0.25, 0.3) is 11.4 Å². The molecule has 3 rings (SSSR count). The summed E-state index contributed by atoms with van der Waals surface area (Å²) in [5.41, 5.74) is 4.10. The molecule has 1 heterocycles. The molecule has 3 heteroatoms. The lowest BCUT2D eigenvalue weighted by atomic mass is 10.1. The van der Waals surface area contributed by atoms with Crippen molar-refractivity contribution in [1.29, 1.82) is 0 Å². The van der Waals surface area contributed by atoms with Crippen LogP contribution in [0, 0.1) is 6.92 Å². The lowest BCUT2D eigenvalue weighted by Gasteiger charge is -2.10. The van der Waals surface area contributed by atoms with Gasteiger partial charge in [0.2, 0.25) is 0 Å². The van der Waals surface area contributed by atoms with Crippen molar-refractivity contribution in [3.63, 3.8) is 0 Å². The van der Waals surface area contributed by atoms with Crippen molar-refractivity contribution in [3.05, 3.63) is 82.6 Å². The normalized spacial score (nSPS) is 10.6. The van der Waals surface area contributed by atoms with Crippen LogP contribution in [0.1, 0.15) is 16.8 Å². The minimum absolute atomic E-state index is 0.533. The van der Waals surface area contributed by atoms with Gasteiger partial charge >= 0.3 is 0 Å². The van der Waals surface area contributed by atoms with E-state index < -0.39 is 0 Å². The van der Waals surface area contributed by atoms with Crippen molar-refractivity contribution in [2.45, 2.75) is 13.3 Å². The van der Waals surface area contributed by atoms with Crippen molar-refractivity contribution >= 4 is 11.6 Å². The summed E-state index contributed by atoms with van der Waals surface area (Å²) in [4.78, 5) is 9.06. The fourth-order valence-corrected chi connectivity index (χ4v) is 2.56. The molecule has 0 aliphatic carbocycles. The molecule has 3 aromatic rings. The number of benzene rings is 2. The Bertz CT molecular complexity index is 717. The molecule has 0 saturated heterocycles. The van der Waals surface area contributed by atoms with Gasteiger partial charge in [-0.1, -0.05) is 72.3 Å². The highest BCUT2D eigenvalue weighted by Crippen LogP contribution is 2.24. The molecule has 0 atom stereocenters. The lowest BCUT2D eigenvalue weighted by molar-refractivity contribution is 1.02. The van der Waals surface area contributed by atoms with Crippen molar-refractivity contribution in [1.82, 2.24) is 9.97 Å². The van der Waals surface area contributed by atoms with Crippen LogP contribution < -0.4 is 0 Å². The minimum atomic E-state index is 0.533. The molecular formula is C18H15ClN2. The summed E-state index contributed by atoms with van der Waals surface area (Å²) < 4.78 is 0. The van der Waals surface area contributed by atoms with Gasteiger partial charge in [0.05, 0.1) is 0 Å². The van der Waals surface area contributed by atoms with Crippen molar-refractivity contribution in [2.75, 3.05) is 0 Å². The highest BCUT2D eigenvalue weighted by atomic mass is 35.5. The third-order valence-corrected chi connectivity index (χ3v) is 3.73. The Kier molecular flexibility index (Phi) is 3.98. The summed E-state index contributed by atoms with van der Waals surface area (Å²) in [5.74, 6) is 0.676. The molecule has 0 unspecified atom stereocenters. The van der Waals surface area contributed by atoms with Crippen LogP contribution >= 0.6 is 11.6 Å². The highest BCUT2D eigenvalue weighted by molar-refractivity contribution is 6.30. The third-order valence-electron chi connectivity index (χ3n) is 3.42. The molecule has 0 radical (unpaired) electrons. The Morgan fingerprint density at radius 1 is 0.857 bits per heavy atom. The second-order valence-corrected chi connectivity index (χ2v) is 5.29. The SMILES string of the molecule is Cc1nc(-c2ccccc2)nc(Cl)c1Cc1ccccc1. The molecule has 1 aromatic heterocycles. The first-order chi connectivity index (χ1) is 10.2. The largest absolute Gasteiger partial charge is 0.233 e. The van der Waals surface area contributed by atoms with Crippen LogP contribution in [0.15, 0.2) is 60.7 Å². The summed E-state index contributed by atoms with van der Waals surface area (Å²) in [7, 11) is 0. The number of halogens is 1. The number of aromatic nitrogens is 2. The van der Waals surface area contributed by atoms with E-state index in [1.54, 1.807) is 0 Å². The molecule has 0 aliphatic heterocycles. The number of aryl methyl sites for hydroxylation is 1. The molecule has 0 amide bonds. The van der Waals surface area contributed by atoms with Crippen LogP contribution in [0.5, 0.6) is 0 Å². The molecule has 0 N–H and O–H groups in total. The first-order valence-electron chi connectivity index (χ1n) is 6.86. The number of hydrogen-bond acceptors (Lipinski definition) is 2. The smallest absolute Gasteiger partial charge is 0.161 e. The van der Waals surface area contributed by atoms with Gasteiger partial charge in [-0.05, 0) is 12.5 Å². The van der Waals surface area contributed by atoms with Gasteiger partial charge in [0.1, 0.15) is 5.15 Å². The number of rotatable bonds is 3. The minimum Gasteiger partial charge on any atom is -0.233 e. The van der Waals surface area contributed by atoms with Gasteiger partial charge in [0, 0.05) is 23.2 Å². The fraction of sp³-hybridized carbons (Fsp3) is 0.111. The standard InChI is InChI=1S/C18H15ClN2/c1-13-16(12-14-8-4-2-5-9-14)17(19)21-18(20-13)15-10-6-3-7-11-15/h2-11H,12H2,1H3. The molecule has 2 nitrogen and oxygen atoms in total. The van der Waals surface area contributed by atoms with Crippen molar-refractivity contribution < 1.29 is 0 Å². The molecular weight excluding hydrogens is 280 g/mol. The fourth-order valence-electron chi connectivity index (χ4n) is 2.28. The molecule has 21 heavy (non-hydrogen) atoms. The Balaban J connectivity index is 1.97. The van der Waals surface area contributed by atoms with Gasteiger partial charge in [-0.3, -0.25) is 0 Å². The first kappa shape index (κ1) is 13.8. The van der Waals surface area contributed by atoms with E-state index in [9.17, 15) is 0 Å². The zero-order valence-corrected chi connectivity index (χ0v) is 12.5. The second kappa shape index (κ2) is 6.06. The van der Waals surface area contributed by atoms with Crippen LogP contribution in [-0.2, 0) is 6.42 Å². The van der Waals surface area contributed by atoms with Crippen LogP contribution in [0.3, 0.4) is 0 Å². The maximum atomic E-state index is 6.38. The summed E-state index contributed by atoms with van der Waals surface area (Å²) >= 11 is 6.38. The van der Waals surface area contributed by atoms with Crippen LogP contribution in [0.2, 0.25) is 5.15 Å². The quantitative estimate of drug-likeness (QED) is 0.655. The summed E-state index contributed by atoms with van der Waals surface area (Å²) in [6, 6.07) is 20.1. The van der Waals surface area contributed by atoms with Gasteiger partial charge < -0.3 is 0 Å². The maximum Gasteiger partial charge on any atom is 0.161 e. The van der Waals surface area contributed by atoms with Gasteiger partial charge in [0.15, 0.2) is 5.82 Å². The maximum absolute atomic E-state index is 6.38. The van der Waals surface area contributed by atoms with E-state index in [-0.39, 0.29) is 0 Å². The average Bonchev–Trinajstić information content (AvgIpc) is 2.52. The Morgan fingerprint density at radius 3 is 2.10 bits per heavy atom. The molecule has 0 saturated carbocycles. The molecule has 104 valence electrons. The van der Waals surface area contributed by atoms with E-state index in [0.29, 0.717) is 11.0 Å². The topological polar surface area (TPSA) is 25.8 Å². The predicted molar refractivity (Wildman–Crippen MR) is 86.5 cm³/mol. The van der Waals surface area contributed by atoms with E-state index in [1.807, 2.05) is 55.5 Å². The molecule has 0 bridgehead atoms. The van der Waals surface area contributed by atoms with Crippen LogP contribution in [-0.4, -0.2) is 9.97 Å². The zero-order valence-electron chi connectivity index (χ0n) is 11.8. The van der Waals surface area contributed by atoms with E-state index in [1.165, 1.54) is 5.56 Å². The summed E-state index contributed by atoms with van der Waals surface area (Å²) in [6.07, 6.45) is 0.751. The molecule has 0 spiro atoms. The highest BCUT2D eigenvalue weighted by Gasteiger charge is 2.11. The summed E-state index contributed by atoms with van der Waals surface area (Å²) in [6.45, 7) is 1.98.